The highest BCUT2D eigenvalue weighted by atomic mass is 16.5. The van der Waals surface area contributed by atoms with Gasteiger partial charge in [0.25, 0.3) is 0 Å². The molecule has 0 saturated carbocycles. The van der Waals surface area contributed by atoms with Crippen molar-refractivity contribution in [3.05, 3.63) is 11.8 Å². The van der Waals surface area contributed by atoms with E-state index in [0.29, 0.717) is 38.2 Å². The summed E-state index contributed by atoms with van der Waals surface area (Å²) >= 11 is 0. The predicted octanol–water partition coefficient (Wildman–Crippen LogP) is 1.96. The maximum atomic E-state index is 11.2. The monoisotopic (exact) mass is 256 g/mol. The maximum Gasteiger partial charge on any atom is 0.334 e. The summed E-state index contributed by atoms with van der Waals surface area (Å²) in [6.07, 6.45) is 3.89. The van der Waals surface area contributed by atoms with Crippen molar-refractivity contribution in [1.82, 2.24) is 0 Å². The Morgan fingerprint density at radius 1 is 1.33 bits per heavy atom. The number of allylic oxidation sites excluding steroid dienone is 1. The fourth-order valence-corrected chi connectivity index (χ4v) is 1.77. The van der Waals surface area contributed by atoms with E-state index in [4.69, 9.17) is 14.2 Å². The lowest BCUT2D eigenvalue weighted by Crippen LogP contribution is -2.10. The van der Waals surface area contributed by atoms with Crippen molar-refractivity contribution in [3.63, 3.8) is 0 Å². The van der Waals surface area contributed by atoms with E-state index in [1.165, 1.54) is 6.08 Å². The average molecular weight is 256 g/mol. The Bertz CT molecular complexity index is 321. The van der Waals surface area contributed by atoms with Crippen LogP contribution in [-0.2, 0) is 23.8 Å². The molecule has 0 aromatic carbocycles. The first kappa shape index (κ1) is 14.5. The molecule has 0 bridgehead atoms. The van der Waals surface area contributed by atoms with Crippen LogP contribution >= 0.6 is 0 Å². The van der Waals surface area contributed by atoms with Crippen LogP contribution in [0.5, 0.6) is 0 Å². The molecule has 1 saturated heterocycles. The number of carbonyl (C=O) groups excluding carboxylic acids is 2. The summed E-state index contributed by atoms with van der Waals surface area (Å²) in [6.45, 7) is 4.30. The average Bonchev–Trinajstić information content (AvgIpc) is 2.75. The van der Waals surface area contributed by atoms with Crippen molar-refractivity contribution >= 4 is 11.9 Å². The van der Waals surface area contributed by atoms with Crippen LogP contribution in [-0.4, -0.2) is 31.3 Å². The summed E-state index contributed by atoms with van der Waals surface area (Å²) < 4.78 is 15.2. The van der Waals surface area contributed by atoms with Crippen LogP contribution in [0.4, 0.5) is 0 Å². The highest BCUT2D eigenvalue weighted by Gasteiger charge is 2.22. The van der Waals surface area contributed by atoms with Crippen LogP contribution in [0.1, 0.15) is 39.5 Å². The molecule has 0 radical (unpaired) electrons. The fourth-order valence-electron chi connectivity index (χ4n) is 1.77. The Balaban J connectivity index is 2.28. The molecule has 1 heterocycles. The van der Waals surface area contributed by atoms with Crippen molar-refractivity contribution in [2.75, 3.05) is 13.2 Å². The molecule has 1 aliphatic rings. The van der Waals surface area contributed by atoms with E-state index < -0.39 is 0 Å². The Morgan fingerprint density at radius 3 is 2.72 bits per heavy atom. The van der Waals surface area contributed by atoms with Gasteiger partial charge in [0.2, 0.25) is 0 Å². The zero-order chi connectivity index (χ0) is 13.4. The molecule has 1 aliphatic heterocycles. The van der Waals surface area contributed by atoms with Gasteiger partial charge in [-0.2, -0.15) is 0 Å². The molecule has 0 N–H and O–H groups in total. The molecule has 0 unspecified atom stereocenters. The van der Waals surface area contributed by atoms with Crippen LogP contribution < -0.4 is 0 Å². The largest absolute Gasteiger partial charge is 0.494 e. The van der Waals surface area contributed by atoms with Gasteiger partial charge in [-0.15, -0.1) is 0 Å². The SMILES string of the molecule is CCOC(=O)/C=C1\CC[C@H](CCC(=O)OCC)O1. The number of ether oxygens (including phenoxy) is 3. The molecule has 0 aliphatic carbocycles. The Kier molecular flexibility index (Phi) is 6.25. The second-order valence-electron chi connectivity index (χ2n) is 3.98. The van der Waals surface area contributed by atoms with Crippen molar-refractivity contribution in [1.29, 1.82) is 0 Å². The quantitative estimate of drug-likeness (QED) is 0.537. The van der Waals surface area contributed by atoms with E-state index in [9.17, 15) is 9.59 Å². The normalized spacial score (nSPS) is 20.6. The molecule has 18 heavy (non-hydrogen) atoms. The van der Waals surface area contributed by atoms with Crippen LogP contribution in [0.25, 0.3) is 0 Å². The van der Waals surface area contributed by atoms with Crippen molar-refractivity contribution in [3.8, 4) is 0 Å². The molecule has 1 fully saturated rings. The highest BCUT2D eigenvalue weighted by Crippen LogP contribution is 2.26. The van der Waals surface area contributed by atoms with Crippen LogP contribution in [0.3, 0.4) is 0 Å². The summed E-state index contributed by atoms with van der Waals surface area (Å²) in [4.78, 5) is 22.4. The minimum Gasteiger partial charge on any atom is -0.494 e. The standard InChI is InChI=1S/C13H20O5/c1-3-16-12(14)8-7-10-5-6-11(18-10)9-13(15)17-4-2/h9-10H,3-8H2,1-2H3/b11-9+/t10-/m1/s1. The molecule has 1 atom stereocenters. The van der Waals surface area contributed by atoms with Gasteiger partial charge in [-0.1, -0.05) is 0 Å². The second kappa shape index (κ2) is 7.74. The molecule has 0 aromatic heterocycles. The minimum atomic E-state index is -0.376. The topological polar surface area (TPSA) is 61.8 Å². The number of hydrogen-bond acceptors (Lipinski definition) is 5. The van der Waals surface area contributed by atoms with E-state index in [1.807, 2.05) is 0 Å². The molecule has 0 spiro atoms. The molecular weight excluding hydrogens is 236 g/mol. The van der Waals surface area contributed by atoms with Gasteiger partial charge in [-0.25, -0.2) is 4.79 Å². The third-order valence-corrected chi connectivity index (χ3v) is 2.57. The first-order chi connectivity index (χ1) is 8.65. The maximum absolute atomic E-state index is 11.2. The summed E-state index contributed by atoms with van der Waals surface area (Å²) in [5.74, 6) is 0.0600. The van der Waals surface area contributed by atoms with Crippen molar-refractivity contribution in [2.24, 2.45) is 0 Å². The van der Waals surface area contributed by atoms with Crippen LogP contribution in [0.2, 0.25) is 0 Å². The molecule has 0 aromatic rings. The third kappa shape index (κ3) is 5.21. The number of carbonyl (C=O) groups is 2. The molecule has 1 rings (SSSR count). The van der Waals surface area contributed by atoms with E-state index in [0.717, 1.165) is 6.42 Å². The molecule has 5 heteroatoms. The number of esters is 2. The van der Waals surface area contributed by atoms with Gasteiger partial charge in [0.05, 0.1) is 25.4 Å². The Morgan fingerprint density at radius 2 is 2.06 bits per heavy atom. The van der Waals surface area contributed by atoms with Gasteiger partial charge < -0.3 is 14.2 Å². The third-order valence-electron chi connectivity index (χ3n) is 2.57. The van der Waals surface area contributed by atoms with Gasteiger partial charge in [-0.05, 0) is 26.7 Å². The summed E-state index contributed by atoms with van der Waals surface area (Å²) in [5, 5.41) is 0. The molecule has 5 nitrogen and oxygen atoms in total. The van der Waals surface area contributed by atoms with Crippen molar-refractivity contribution in [2.45, 2.75) is 45.6 Å². The number of rotatable bonds is 6. The van der Waals surface area contributed by atoms with Gasteiger partial charge in [-0.3, -0.25) is 4.79 Å². The van der Waals surface area contributed by atoms with Crippen LogP contribution in [0.15, 0.2) is 11.8 Å². The van der Waals surface area contributed by atoms with Crippen LogP contribution in [0, 0.1) is 0 Å². The molecular formula is C13H20O5. The zero-order valence-electron chi connectivity index (χ0n) is 10.9. The van der Waals surface area contributed by atoms with Crippen molar-refractivity contribution < 1.29 is 23.8 Å². The van der Waals surface area contributed by atoms with Gasteiger partial charge in [0.15, 0.2) is 0 Å². The summed E-state index contributed by atoms with van der Waals surface area (Å²) in [7, 11) is 0. The smallest absolute Gasteiger partial charge is 0.334 e. The van der Waals surface area contributed by atoms with Gasteiger partial charge >= 0.3 is 11.9 Å². The summed E-state index contributed by atoms with van der Waals surface area (Å²) in [5.41, 5.74) is 0. The Hall–Kier alpha value is -1.52. The lowest BCUT2D eigenvalue weighted by Gasteiger charge is -2.09. The van der Waals surface area contributed by atoms with E-state index in [-0.39, 0.29) is 18.0 Å². The molecule has 0 amide bonds. The van der Waals surface area contributed by atoms with E-state index in [2.05, 4.69) is 0 Å². The second-order valence-corrected chi connectivity index (χ2v) is 3.98. The number of hydrogen-bond donors (Lipinski definition) is 0. The first-order valence-electron chi connectivity index (χ1n) is 6.35. The Labute approximate surface area is 107 Å². The highest BCUT2D eigenvalue weighted by molar-refractivity contribution is 5.82. The lowest BCUT2D eigenvalue weighted by atomic mass is 10.1. The molecule has 102 valence electrons. The van der Waals surface area contributed by atoms with Gasteiger partial charge in [0, 0.05) is 12.8 Å². The van der Waals surface area contributed by atoms with E-state index in [1.54, 1.807) is 13.8 Å². The van der Waals surface area contributed by atoms with Gasteiger partial charge in [0.1, 0.15) is 5.76 Å². The fraction of sp³-hybridized carbons (Fsp3) is 0.692. The zero-order valence-corrected chi connectivity index (χ0v) is 10.9. The first-order valence-corrected chi connectivity index (χ1v) is 6.35. The van der Waals surface area contributed by atoms with E-state index >= 15 is 0 Å². The minimum absolute atomic E-state index is 0.00455. The predicted molar refractivity (Wildman–Crippen MR) is 64.7 cm³/mol. The summed E-state index contributed by atoms with van der Waals surface area (Å²) in [6, 6.07) is 0. The lowest BCUT2D eigenvalue weighted by molar-refractivity contribution is -0.143.